The van der Waals surface area contributed by atoms with E-state index in [9.17, 15) is 4.79 Å². The molecule has 0 aliphatic rings. The lowest BCUT2D eigenvalue weighted by Gasteiger charge is -2.11. The number of carbonyl (C=O) groups excluding carboxylic acids is 1. The van der Waals surface area contributed by atoms with Crippen molar-refractivity contribution < 1.29 is 9.53 Å². The summed E-state index contributed by atoms with van der Waals surface area (Å²) in [6, 6.07) is 9.18. The van der Waals surface area contributed by atoms with Gasteiger partial charge in [-0.05, 0) is 0 Å². The van der Waals surface area contributed by atoms with Crippen LogP contribution in [0.2, 0.25) is 0 Å². The molecule has 72 valence electrons. The van der Waals surface area contributed by atoms with Crippen molar-refractivity contribution >= 4 is 6.09 Å². The van der Waals surface area contributed by atoms with Gasteiger partial charge in [-0.2, -0.15) is 0 Å². The Balaban J connectivity index is 2.74. The van der Waals surface area contributed by atoms with Gasteiger partial charge in [-0.1, -0.05) is 36.3 Å². The molecule has 14 heavy (non-hydrogen) atoms. The molecule has 0 saturated heterocycles. The Morgan fingerprint density at radius 3 is 2.64 bits per heavy atom. The van der Waals surface area contributed by atoms with E-state index in [1.165, 1.54) is 7.05 Å². The fraction of sp³-hybridized carbons (Fsp3) is 0.182. The minimum atomic E-state index is -0.629. The van der Waals surface area contributed by atoms with Gasteiger partial charge in [-0.15, -0.1) is 6.42 Å². The lowest BCUT2D eigenvalue weighted by molar-refractivity contribution is 0.126. The van der Waals surface area contributed by atoms with Gasteiger partial charge in [-0.3, -0.25) is 0 Å². The first-order valence-corrected chi connectivity index (χ1v) is 4.17. The van der Waals surface area contributed by atoms with E-state index >= 15 is 0 Å². The van der Waals surface area contributed by atoms with Crippen LogP contribution in [-0.2, 0) is 4.74 Å². The molecule has 1 atom stereocenters. The third-order valence-electron chi connectivity index (χ3n) is 1.68. The van der Waals surface area contributed by atoms with Crippen molar-refractivity contribution in [3.05, 3.63) is 35.9 Å². The highest BCUT2D eigenvalue weighted by Crippen LogP contribution is 2.15. The molecule has 1 unspecified atom stereocenters. The van der Waals surface area contributed by atoms with E-state index in [-0.39, 0.29) is 0 Å². The van der Waals surface area contributed by atoms with Gasteiger partial charge < -0.3 is 10.1 Å². The average molecular weight is 189 g/mol. The van der Waals surface area contributed by atoms with Gasteiger partial charge in [-0.25, -0.2) is 4.79 Å². The van der Waals surface area contributed by atoms with Gasteiger partial charge in [0.05, 0.1) is 0 Å². The number of amides is 1. The van der Waals surface area contributed by atoms with E-state index in [0.717, 1.165) is 5.56 Å². The Kier molecular flexibility index (Phi) is 3.57. The molecule has 1 aromatic carbocycles. The number of alkyl carbamates (subject to hydrolysis) is 1. The third-order valence-corrected chi connectivity index (χ3v) is 1.68. The summed E-state index contributed by atoms with van der Waals surface area (Å²) < 4.78 is 4.95. The average Bonchev–Trinajstić information content (AvgIpc) is 2.26. The van der Waals surface area contributed by atoms with Crippen molar-refractivity contribution in [1.82, 2.24) is 5.32 Å². The maximum absolute atomic E-state index is 10.9. The van der Waals surface area contributed by atoms with E-state index in [4.69, 9.17) is 11.2 Å². The largest absolute Gasteiger partial charge is 0.428 e. The number of rotatable bonds is 2. The first kappa shape index (κ1) is 10.1. The molecular weight excluding hydrogens is 178 g/mol. The number of nitrogens with one attached hydrogen (secondary N) is 1. The van der Waals surface area contributed by atoms with Crippen molar-refractivity contribution in [2.45, 2.75) is 6.10 Å². The van der Waals surface area contributed by atoms with Gasteiger partial charge in [0.15, 0.2) is 6.10 Å². The minimum absolute atomic E-state index is 0.531. The van der Waals surface area contributed by atoms with Crippen molar-refractivity contribution in [2.24, 2.45) is 0 Å². The van der Waals surface area contributed by atoms with Crippen LogP contribution >= 0.6 is 0 Å². The molecule has 0 aromatic heterocycles. The highest BCUT2D eigenvalue weighted by atomic mass is 16.6. The van der Waals surface area contributed by atoms with Crippen LogP contribution in [0.1, 0.15) is 11.7 Å². The fourth-order valence-corrected chi connectivity index (χ4v) is 0.992. The number of carbonyl (C=O) groups is 1. The maximum atomic E-state index is 10.9. The summed E-state index contributed by atoms with van der Waals surface area (Å²) in [5.74, 6) is 2.40. The molecule has 1 aromatic rings. The van der Waals surface area contributed by atoms with E-state index in [2.05, 4.69) is 11.2 Å². The Hall–Kier alpha value is -1.95. The number of hydrogen-bond acceptors (Lipinski definition) is 2. The summed E-state index contributed by atoms with van der Waals surface area (Å²) in [5, 5.41) is 2.34. The van der Waals surface area contributed by atoms with Crippen LogP contribution < -0.4 is 5.32 Å². The maximum Gasteiger partial charge on any atom is 0.408 e. The molecule has 0 saturated carbocycles. The molecule has 3 heteroatoms. The van der Waals surface area contributed by atoms with E-state index in [0.29, 0.717) is 0 Å². The summed E-state index contributed by atoms with van der Waals surface area (Å²) in [6.07, 6.45) is 4.09. The fourth-order valence-electron chi connectivity index (χ4n) is 0.992. The molecule has 0 aliphatic heterocycles. The second-order valence-corrected chi connectivity index (χ2v) is 2.61. The molecule has 0 radical (unpaired) electrons. The molecule has 0 spiro atoms. The van der Waals surface area contributed by atoms with Gasteiger partial charge in [0.25, 0.3) is 0 Å². The second kappa shape index (κ2) is 4.93. The predicted molar refractivity (Wildman–Crippen MR) is 53.6 cm³/mol. The van der Waals surface area contributed by atoms with Crippen LogP contribution in [0.25, 0.3) is 0 Å². The summed E-state index contributed by atoms with van der Waals surface area (Å²) in [5.41, 5.74) is 0.790. The molecule has 0 fully saturated rings. The Labute approximate surface area is 83.1 Å². The van der Waals surface area contributed by atoms with Crippen LogP contribution in [0.4, 0.5) is 4.79 Å². The first-order chi connectivity index (χ1) is 6.77. The summed E-state index contributed by atoms with van der Waals surface area (Å²) in [4.78, 5) is 10.9. The number of terminal acetylenes is 1. The molecule has 0 bridgehead atoms. The monoisotopic (exact) mass is 189 g/mol. The lowest BCUT2D eigenvalue weighted by atomic mass is 10.1. The quantitative estimate of drug-likeness (QED) is 0.719. The minimum Gasteiger partial charge on any atom is -0.428 e. The number of ether oxygens (including phenoxy) is 1. The van der Waals surface area contributed by atoms with Gasteiger partial charge in [0.1, 0.15) is 0 Å². The first-order valence-electron chi connectivity index (χ1n) is 4.17. The molecule has 1 amide bonds. The smallest absolute Gasteiger partial charge is 0.408 e. The zero-order valence-corrected chi connectivity index (χ0v) is 7.86. The summed E-state index contributed by atoms with van der Waals surface area (Å²) >= 11 is 0. The molecule has 0 aliphatic carbocycles. The van der Waals surface area contributed by atoms with E-state index in [1.807, 2.05) is 30.3 Å². The lowest BCUT2D eigenvalue weighted by Crippen LogP contribution is -2.21. The van der Waals surface area contributed by atoms with Crippen LogP contribution in [0.3, 0.4) is 0 Å². The van der Waals surface area contributed by atoms with Crippen LogP contribution in [0.5, 0.6) is 0 Å². The summed E-state index contributed by atoms with van der Waals surface area (Å²) in [7, 11) is 1.49. The van der Waals surface area contributed by atoms with E-state index < -0.39 is 12.2 Å². The van der Waals surface area contributed by atoms with Crippen molar-refractivity contribution in [2.75, 3.05) is 7.05 Å². The second-order valence-electron chi connectivity index (χ2n) is 2.61. The van der Waals surface area contributed by atoms with Crippen molar-refractivity contribution in [3.8, 4) is 12.3 Å². The normalized spacial score (nSPS) is 11.1. The van der Waals surface area contributed by atoms with E-state index in [1.54, 1.807) is 0 Å². The van der Waals surface area contributed by atoms with Crippen molar-refractivity contribution in [1.29, 1.82) is 0 Å². The number of hydrogen-bond donors (Lipinski definition) is 1. The Morgan fingerprint density at radius 2 is 2.14 bits per heavy atom. The Bertz CT molecular complexity index is 340. The molecular formula is C11H11NO2. The highest BCUT2D eigenvalue weighted by molar-refractivity contribution is 5.67. The molecule has 0 heterocycles. The topological polar surface area (TPSA) is 38.3 Å². The number of benzene rings is 1. The van der Waals surface area contributed by atoms with Gasteiger partial charge >= 0.3 is 6.09 Å². The Morgan fingerprint density at radius 1 is 1.50 bits per heavy atom. The van der Waals surface area contributed by atoms with Gasteiger partial charge in [0, 0.05) is 12.6 Å². The molecule has 1 N–H and O–H groups in total. The summed E-state index contributed by atoms with van der Waals surface area (Å²) in [6.45, 7) is 0. The molecule has 1 rings (SSSR count). The molecule has 3 nitrogen and oxygen atoms in total. The predicted octanol–water partition coefficient (Wildman–Crippen LogP) is 1.72. The van der Waals surface area contributed by atoms with Gasteiger partial charge in [0.2, 0.25) is 0 Å². The SMILES string of the molecule is C#CC(OC(=O)NC)c1ccccc1. The van der Waals surface area contributed by atoms with Crippen LogP contribution in [0, 0.1) is 12.3 Å². The van der Waals surface area contributed by atoms with Crippen LogP contribution in [-0.4, -0.2) is 13.1 Å². The van der Waals surface area contributed by atoms with Crippen molar-refractivity contribution in [3.63, 3.8) is 0 Å². The zero-order chi connectivity index (χ0) is 10.4. The zero-order valence-electron chi connectivity index (χ0n) is 7.86. The standard InChI is InChI=1S/C11H11NO2/c1-3-10(14-11(13)12-2)9-7-5-4-6-8-9/h1,4-8,10H,2H3,(H,12,13). The highest BCUT2D eigenvalue weighted by Gasteiger charge is 2.11. The van der Waals surface area contributed by atoms with Crippen LogP contribution in [0.15, 0.2) is 30.3 Å². The third kappa shape index (κ3) is 2.53.